The van der Waals surface area contributed by atoms with Gasteiger partial charge in [-0.2, -0.15) is 0 Å². The molecule has 0 aromatic carbocycles. The fourth-order valence-corrected chi connectivity index (χ4v) is 2.76. The zero-order valence-electron chi connectivity index (χ0n) is 13.3. The van der Waals surface area contributed by atoms with Gasteiger partial charge in [0.25, 0.3) is 5.91 Å². The lowest BCUT2D eigenvalue weighted by atomic mass is 10.3. The number of aryl methyl sites for hydroxylation is 1. The Balaban J connectivity index is 1.67. The second-order valence-electron chi connectivity index (χ2n) is 4.86. The summed E-state index contributed by atoms with van der Waals surface area (Å²) < 4.78 is 0. The highest BCUT2D eigenvalue weighted by Gasteiger charge is 2.04. The second-order valence-corrected chi connectivity index (χ2v) is 6.23. The molecule has 122 valence electrons. The monoisotopic (exact) mass is 331 g/mol. The lowest BCUT2D eigenvalue weighted by Crippen LogP contribution is -2.41. The van der Waals surface area contributed by atoms with Crippen molar-refractivity contribution in [1.29, 1.82) is 0 Å². The number of nitrogens with zero attached hydrogens (tertiary/aromatic N) is 2. The Labute approximate surface area is 140 Å². The summed E-state index contributed by atoms with van der Waals surface area (Å²) in [4.78, 5) is 22.5. The molecule has 3 N–H and O–H groups in total. The fraction of sp³-hybridized carbons (Fsp3) is 0.312. The van der Waals surface area contributed by atoms with Crippen molar-refractivity contribution in [2.24, 2.45) is 4.99 Å². The highest BCUT2D eigenvalue weighted by Crippen LogP contribution is 2.14. The molecule has 0 bridgehead atoms. The van der Waals surface area contributed by atoms with Crippen LogP contribution >= 0.6 is 11.3 Å². The minimum Gasteiger partial charge on any atom is -0.355 e. The van der Waals surface area contributed by atoms with E-state index >= 15 is 0 Å². The van der Waals surface area contributed by atoms with Crippen LogP contribution in [-0.2, 0) is 6.54 Å². The number of nitrogens with one attached hydrogen (secondary N) is 3. The molecule has 0 spiro atoms. The van der Waals surface area contributed by atoms with Gasteiger partial charge in [0.1, 0.15) is 0 Å². The van der Waals surface area contributed by atoms with Gasteiger partial charge in [0.05, 0.1) is 12.1 Å². The molecule has 0 aliphatic heterocycles. The van der Waals surface area contributed by atoms with Crippen LogP contribution in [0.5, 0.6) is 0 Å². The Kier molecular flexibility index (Phi) is 6.56. The second kappa shape index (κ2) is 8.89. The molecule has 0 radical (unpaired) electrons. The van der Waals surface area contributed by atoms with E-state index in [0.29, 0.717) is 24.6 Å². The lowest BCUT2D eigenvalue weighted by Gasteiger charge is -2.11. The molecule has 0 atom stereocenters. The molecular weight excluding hydrogens is 310 g/mol. The van der Waals surface area contributed by atoms with E-state index in [2.05, 4.69) is 45.0 Å². The summed E-state index contributed by atoms with van der Waals surface area (Å²) in [6.45, 7) is 3.92. The summed E-state index contributed by atoms with van der Waals surface area (Å²) in [6, 6.07) is 7.69. The lowest BCUT2D eigenvalue weighted by molar-refractivity contribution is 0.0954. The van der Waals surface area contributed by atoms with E-state index in [0.717, 1.165) is 6.54 Å². The predicted molar refractivity (Wildman–Crippen MR) is 93.8 cm³/mol. The normalized spacial score (nSPS) is 11.1. The van der Waals surface area contributed by atoms with Crippen LogP contribution in [0.15, 0.2) is 41.7 Å². The molecule has 0 saturated heterocycles. The Hall–Kier alpha value is -2.41. The van der Waals surface area contributed by atoms with Crippen LogP contribution in [-0.4, -0.2) is 37.0 Å². The van der Waals surface area contributed by atoms with Crippen molar-refractivity contribution >= 4 is 23.2 Å². The number of hydrogen-bond acceptors (Lipinski definition) is 4. The first-order valence-corrected chi connectivity index (χ1v) is 8.19. The van der Waals surface area contributed by atoms with Crippen LogP contribution < -0.4 is 16.0 Å². The number of rotatable bonds is 6. The zero-order chi connectivity index (χ0) is 16.5. The van der Waals surface area contributed by atoms with Crippen LogP contribution in [0.1, 0.15) is 20.1 Å². The standard InChI is InChI=1S/C16H21N5OS/c1-12-5-6-14(23-12)11-21-16(17-2)20-9-8-19-15(22)13-4-3-7-18-10-13/h3-7,10H,8-9,11H2,1-2H3,(H,19,22)(H2,17,20,21). The van der Waals surface area contributed by atoms with Gasteiger partial charge in [-0.15, -0.1) is 11.3 Å². The average Bonchev–Trinajstić information content (AvgIpc) is 3.00. The van der Waals surface area contributed by atoms with Crippen LogP contribution in [0.3, 0.4) is 0 Å². The van der Waals surface area contributed by atoms with Crippen LogP contribution in [0.4, 0.5) is 0 Å². The molecule has 2 aromatic rings. The Morgan fingerprint density at radius 3 is 2.70 bits per heavy atom. The number of carbonyl (C=O) groups is 1. The number of amides is 1. The summed E-state index contributed by atoms with van der Waals surface area (Å²) in [5, 5.41) is 9.25. The maximum absolute atomic E-state index is 11.8. The van der Waals surface area contributed by atoms with Gasteiger partial charge in [-0.1, -0.05) is 0 Å². The molecule has 2 heterocycles. The number of hydrogen-bond donors (Lipinski definition) is 3. The van der Waals surface area contributed by atoms with Gasteiger partial charge in [-0.3, -0.25) is 14.8 Å². The summed E-state index contributed by atoms with van der Waals surface area (Å²) in [6.07, 6.45) is 3.19. The Bertz CT molecular complexity index is 654. The van der Waals surface area contributed by atoms with Crippen LogP contribution in [0.25, 0.3) is 0 Å². The average molecular weight is 331 g/mol. The highest BCUT2D eigenvalue weighted by atomic mass is 32.1. The molecule has 7 heteroatoms. The first-order chi connectivity index (χ1) is 11.2. The molecule has 0 unspecified atom stereocenters. The SMILES string of the molecule is CN=C(NCCNC(=O)c1cccnc1)NCc1ccc(C)s1. The van der Waals surface area contributed by atoms with Crippen molar-refractivity contribution in [3.8, 4) is 0 Å². The van der Waals surface area contributed by atoms with Crippen LogP contribution in [0, 0.1) is 6.92 Å². The van der Waals surface area contributed by atoms with Gasteiger partial charge in [0.2, 0.25) is 0 Å². The largest absolute Gasteiger partial charge is 0.355 e. The van der Waals surface area contributed by atoms with Gasteiger partial charge >= 0.3 is 0 Å². The third kappa shape index (κ3) is 5.71. The smallest absolute Gasteiger partial charge is 0.252 e. The van der Waals surface area contributed by atoms with Crippen molar-refractivity contribution in [2.75, 3.05) is 20.1 Å². The maximum Gasteiger partial charge on any atom is 0.252 e. The topological polar surface area (TPSA) is 78.4 Å². The molecular formula is C16H21N5OS. The third-order valence-corrected chi connectivity index (χ3v) is 4.08. The minimum atomic E-state index is -0.128. The molecule has 0 aliphatic carbocycles. The van der Waals surface area contributed by atoms with E-state index in [1.807, 2.05) is 0 Å². The van der Waals surface area contributed by atoms with E-state index in [1.165, 1.54) is 9.75 Å². The number of aromatic nitrogens is 1. The maximum atomic E-state index is 11.8. The predicted octanol–water partition coefficient (Wildman–Crippen LogP) is 1.55. The van der Waals surface area contributed by atoms with Crippen molar-refractivity contribution in [3.63, 3.8) is 0 Å². The van der Waals surface area contributed by atoms with Gasteiger partial charge in [0, 0.05) is 42.3 Å². The fourth-order valence-electron chi connectivity index (χ4n) is 1.93. The molecule has 2 rings (SSSR count). The number of aliphatic imine (C=N–C) groups is 1. The Morgan fingerprint density at radius 1 is 1.22 bits per heavy atom. The molecule has 2 aromatic heterocycles. The zero-order valence-corrected chi connectivity index (χ0v) is 14.1. The summed E-state index contributed by atoms with van der Waals surface area (Å²) in [5.41, 5.74) is 0.558. The molecule has 0 saturated carbocycles. The van der Waals surface area contributed by atoms with E-state index < -0.39 is 0 Å². The quantitative estimate of drug-likeness (QED) is 0.426. The third-order valence-electron chi connectivity index (χ3n) is 3.08. The van der Waals surface area contributed by atoms with Crippen molar-refractivity contribution < 1.29 is 4.79 Å². The first kappa shape index (κ1) is 17.0. The number of carbonyl (C=O) groups excluding carboxylic acids is 1. The van der Waals surface area contributed by atoms with Gasteiger partial charge < -0.3 is 16.0 Å². The van der Waals surface area contributed by atoms with E-state index in [4.69, 9.17) is 0 Å². The van der Waals surface area contributed by atoms with E-state index in [9.17, 15) is 4.79 Å². The minimum absolute atomic E-state index is 0.128. The summed E-state index contributed by atoms with van der Waals surface area (Å²) in [7, 11) is 1.73. The first-order valence-electron chi connectivity index (χ1n) is 7.37. The molecule has 0 aliphatic rings. The summed E-state index contributed by atoms with van der Waals surface area (Å²) >= 11 is 1.76. The highest BCUT2D eigenvalue weighted by molar-refractivity contribution is 7.11. The van der Waals surface area contributed by atoms with Gasteiger partial charge in [0.15, 0.2) is 5.96 Å². The van der Waals surface area contributed by atoms with Crippen molar-refractivity contribution in [2.45, 2.75) is 13.5 Å². The van der Waals surface area contributed by atoms with Crippen molar-refractivity contribution in [3.05, 3.63) is 52.0 Å². The van der Waals surface area contributed by atoms with E-state index in [1.54, 1.807) is 42.9 Å². The molecule has 6 nitrogen and oxygen atoms in total. The number of guanidine groups is 1. The van der Waals surface area contributed by atoms with Crippen LogP contribution in [0.2, 0.25) is 0 Å². The molecule has 1 amide bonds. The summed E-state index contributed by atoms with van der Waals surface area (Å²) in [5.74, 6) is 0.587. The Morgan fingerprint density at radius 2 is 2.04 bits per heavy atom. The van der Waals surface area contributed by atoms with Gasteiger partial charge in [-0.05, 0) is 31.2 Å². The van der Waals surface area contributed by atoms with Crippen molar-refractivity contribution in [1.82, 2.24) is 20.9 Å². The molecule has 0 fully saturated rings. The number of pyridine rings is 1. The van der Waals surface area contributed by atoms with E-state index in [-0.39, 0.29) is 5.91 Å². The molecule has 23 heavy (non-hydrogen) atoms. The number of thiophene rings is 1. The van der Waals surface area contributed by atoms with Gasteiger partial charge in [-0.25, -0.2) is 0 Å².